The van der Waals surface area contributed by atoms with Crippen LogP contribution in [0.2, 0.25) is 0 Å². The number of hydrogen-bond donors (Lipinski definition) is 0. The van der Waals surface area contributed by atoms with Crippen LogP contribution >= 0.6 is 31.0 Å². The Hall–Kier alpha value is 0.590. The Morgan fingerprint density at radius 1 is 1.24 bits per heavy atom. The lowest BCUT2D eigenvalue weighted by atomic mass is 9.76. The van der Waals surface area contributed by atoms with Crippen molar-refractivity contribution in [2.45, 2.75) is 36.1 Å². The third-order valence-electron chi connectivity index (χ3n) is 4.53. The minimum absolute atomic E-state index is 0.120. The van der Waals surface area contributed by atoms with Gasteiger partial charge in [-0.05, 0) is 26.9 Å². The van der Waals surface area contributed by atoms with Crippen molar-refractivity contribution in [1.82, 2.24) is 14.2 Å². The van der Waals surface area contributed by atoms with Crippen LogP contribution in [0.5, 0.6) is 0 Å². The highest BCUT2D eigenvalue weighted by Gasteiger charge is 2.76. The molecule has 1 aliphatic carbocycles. The van der Waals surface area contributed by atoms with Crippen LogP contribution < -0.4 is 0 Å². The van der Waals surface area contributed by atoms with Crippen LogP contribution in [0.4, 0.5) is 0 Å². The first-order valence-electron chi connectivity index (χ1n) is 6.16. The molecule has 6 heteroatoms. The maximum absolute atomic E-state index is 5.81. The normalized spacial score (nSPS) is 45.3. The van der Waals surface area contributed by atoms with Crippen LogP contribution in [0.15, 0.2) is 0 Å². The standard InChI is InChI=1S/C11H20N3PS2/c1-12(2)9(16)10-7-5-6-8-11(10)14(4)15(17-11)13(10)3/h5-8H2,1-4H3. The summed E-state index contributed by atoms with van der Waals surface area (Å²) in [6, 6.07) is 0. The van der Waals surface area contributed by atoms with Gasteiger partial charge in [0, 0.05) is 14.1 Å². The molecule has 0 radical (unpaired) electrons. The fraction of sp³-hybridized carbons (Fsp3) is 0.909. The molecule has 3 aliphatic heterocycles. The number of nitrogens with zero attached hydrogens (tertiary/aromatic N) is 3. The summed E-state index contributed by atoms with van der Waals surface area (Å²) in [7, 11) is 8.63. The Bertz CT molecular complexity index is 374. The van der Waals surface area contributed by atoms with Crippen LogP contribution in [-0.2, 0) is 0 Å². The fourth-order valence-corrected chi connectivity index (χ4v) is 10.5. The smallest absolute Gasteiger partial charge is 0.107 e. The topological polar surface area (TPSA) is 9.72 Å². The molecule has 4 aliphatic rings. The number of rotatable bonds is 1. The number of hydrogen-bond acceptors (Lipinski definition) is 4. The SMILES string of the molecule is CN(C)C(=S)C12CCCCC13SP(N3C)N2C. The number of likely N-dealkylation sites (N-methyl/N-ethyl adjacent to an activating group) is 3. The molecule has 3 atom stereocenters. The van der Waals surface area contributed by atoms with Gasteiger partial charge in [-0.25, -0.2) is 9.34 Å². The molecule has 3 heterocycles. The van der Waals surface area contributed by atoms with Crippen molar-refractivity contribution < 1.29 is 0 Å². The molecular weight excluding hydrogens is 269 g/mol. The van der Waals surface area contributed by atoms with E-state index >= 15 is 0 Å². The van der Waals surface area contributed by atoms with Gasteiger partial charge in [0.15, 0.2) is 0 Å². The lowest BCUT2D eigenvalue weighted by molar-refractivity contribution is 0.147. The summed E-state index contributed by atoms with van der Waals surface area (Å²) in [6.07, 6.45) is 5.20. The molecule has 0 N–H and O–H groups in total. The van der Waals surface area contributed by atoms with Crippen LogP contribution in [0.1, 0.15) is 25.7 Å². The minimum Gasteiger partial charge on any atom is -0.371 e. The largest absolute Gasteiger partial charge is 0.371 e. The molecule has 1 saturated carbocycles. The second-order valence-electron chi connectivity index (χ2n) is 5.44. The lowest BCUT2D eigenvalue weighted by Gasteiger charge is -2.54. The predicted molar refractivity (Wildman–Crippen MR) is 80.3 cm³/mol. The second kappa shape index (κ2) is 3.80. The third kappa shape index (κ3) is 1.23. The van der Waals surface area contributed by atoms with Crippen molar-refractivity contribution in [3.63, 3.8) is 0 Å². The zero-order chi connectivity index (χ0) is 12.4. The van der Waals surface area contributed by atoms with Gasteiger partial charge in [0.1, 0.15) is 22.8 Å². The van der Waals surface area contributed by atoms with Gasteiger partial charge >= 0.3 is 0 Å². The summed E-state index contributed by atoms with van der Waals surface area (Å²) in [5.74, 6) is 0. The van der Waals surface area contributed by atoms with Crippen LogP contribution in [0.25, 0.3) is 0 Å². The molecular formula is C11H20N3PS2. The van der Waals surface area contributed by atoms with Crippen molar-refractivity contribution in [2.75, 3.05) is 28.2 Å². The maximum Gasteiger partial charge on any atom is 0.107 e. The van der Waals surface area contributed by atoms with Crippen molar-refractivity contribution in [3.8, 4) is 0 Å². The molecule has 2 bridgehead atoms. The Balaban J connectivity index is 2.08. The lowest BCUT2D eigenvalue weighted by Crippen LogP contribution is -2.66. The molecule has 0 amide bonds. The van der Waals surface area contributed by atoms with Gasteiger partial charge in [0.2, 0.25) is 0 Å². The molecule has 0 aromatic heterocycles. The van der Waals surface area contributed by atoms with Gasteiger partial charge in [0.05, 0.1) is 0 Å². The monoisotopic (exact) mass is 289 g/mol. The minimum atomic E-state index is -0.140. The van der Waals surface area contributed by atoms with Gasteiger partial charge in [0.25, 0.3) is 0 Å². The summed E-state index contributed by atoms with van der Waals surface area (Å²) in [5.41, 5.74) is 0.120. The van der Waals surface area contributed by atoms with Crippen LogP contribution in [-0.4, -0.2) is 57.8 Å². The van der Waals surface area contributed by atoms with E-state index in [9.17, 15) is 0 Å². The van der Waals surface area contributed by atoms with E-state index in [1.54, 1.807) is 0 Å². The first-order chi connectivity index (χ1) is 7.97. The van der Waals surface area contributed by atoms with Gasteiger partial charge in [-0.1, -0.05) is 36.4 Å². The van der Waals surface area contributed by atoms with Crippen molar-refractivity contribution in [3.05, 3.63) is 0 Å². The van der Waals surface area contributed by atoms with E-state index in [2.05, 4.69) is 53.8 Å². The van der Waals surface area contributed by atoms with Crippen LogP contribution in [0, 0.1) is 0 Å². The molecule has 1 spiro atoms. The van der Waals surface area contributed by atoms with Crippen LogP contribution in [0.3, 0.4) is 0 Å². The summed E-state index contributed by atoms with van der Waals surface area (Å²) in [4.78, 5) is 3.58. The van der Waals surface area contributed by atoms with Gasteiger partial charge in [-0.2, -0.15) is 0 Å². The van der Waals surface area contributed by atoms with E-state index in [0.717, 1.165) is 4.99 Å². The summed E-state index contributed by atoms with van der Waals surface area (Å²) in [6.45, 7) is 0. The average molecular weight is 289 g/mol. The average Bonchev–Trinajstić information content (AvgIpc) is 2.70. The van der Waals surface area contributed by atoms with E-state index in [0.29, 0.717) is 0 Å². The van der Waals surface area contributed by atoms with Gasteiger partial charge in [-0.15, -0.1) is 0 Å². The first kappa shape index (κ1) is 12.6. The molecule has 17 heavy (non-hydrogen) atoms. The zero-order valence-corrected chi connectivity index (χ0v) is 13.5. The molecule has 3 unspecified atom stereocenters. The number of thiocarbonyl (C=S) groups is 1. The maximum atomic E-state index is 5.81. The van der Waals surface area contributed by atoms with Crippen molar-refractivity contribution in [2.24, 2.45) is 0 Å². The van der Waals surface area contributed by atoms with E-state index in [1.165, 1.54) is 25.7 Å². The Kier molecular flexibility index (Phi) is 2.82. The Labute approximate surface area is 114 Å². The molecule has 3 saturated heterocycles. The molecule has 96 valence electrons. The summed E-state index contributed by atoms with van der Waals surface area (Å²) in [5, 5.41) is 0. The fourth-order valence-electron chi connectivity index (χ4n) is 3.66. The Morgan fingerprint density at radius 3 is 2.47 bits per heavy atom. The van der Waals surface area contributed by atoms with Crippen molar-refractivity contribution >= 4 is 36.0 Å². The highest BCUT2D eigenvalue weighted by atomic mass is 32.7. The molecule has 0 aromatic carbocycles. The van der Waals surface area contributed by atoms with Gasteiger partial charge < -0.3 is 4.90 Å². The molecule has 0 aromatic rings. The van der Waals surface area contributed by atoms with Gasteiger partial charge in [-0.3, -0.25) is 0 Å². The highest BCUT2D eigenvalue weighted by Crippen LogP contribution is 2.87. The second-order valence-corrected chi connectivity index (χ2v) is 9.92. The van der Waals surface area contributed by atoms with E-state index in [4.69, 9.17) is 12.2 Å². The summed E-state index contributed by atoms with van der Waals surface area (Å²) >= 11 is 8.00. The first-order valence-corrected chi connectivity index (χ1v) is 9.23. The zero-order valence-electron chi connectivity index (χ0n) is 10.9. The van der Waals surface area contributed by atoms with E-state index in [-0.39, 0.29) is 17.8 Å². The Morgan fingerprint density at radius 2 is 1.88 bits per heavy atom. The highest BCUT2D eigenvalue weighted by molar-refractivity contribution is 8.58. The third-order valence-corrected chi connectivity index (χ3v) is 11.2. The quantitative estimate of drug-likeness (QED) is 0.541. The molecule has 3 nitrogen and oxygen atoms in total. The molecule has 4 rings (SSSR count). The molecule has 4 fully saturated rings. The predicted octanol–water partition coefficient (Wildman–Crippen LogP) is 2.74. The van der Waals surface area contributed by atoms with E-state index < -0.39 is 0 Å². The summed E-state index contributed by atoms with van der Waals surface area (Å²) < 4.78 is 5.20. The van der Waals surface area contributed by atoms with Crippen molar-refractivity contribution in [1.29, 1.82) is 0 Å². The van der Waals surface area contributed by atoms with E-state index in [1.807, 2.05) is 0 Å².